The molecule has 0 radical (unpaired) electrons. The van der Waals surface area contributed by atoms with Crippen LogP contribution in [-0.2, 0) is 5.41 Å². The Balaban J connectivity index is 1.18. The Morgan fingerprint density at radius 2 is 1.06 bits per heavy atom. The summed E-state index contributed by atoms with van der Waals surface area (Å²) in [7, 11) is 0. The minimum Gasteiger partial charge on any atom is -0.398 e. The van der Waals surface area contributed by atoms with Gasteiger partial charge in [0.15, 0.2) is 0 Å². The smallest absolute Gasteiger partial charge is 0.0714 e. The van der Waals surface area contributed by atoms with Gasteiger partial charge in [0.1, 0.15) is 0 Å². The van der Waals surface area contributed by atoms with Crippen molar-refractivity contribution in [3.8, 4) is 33.5 Å². The van der Waals surface area contributed by atoms with Gasteiger partial charge in [0.05, 0.1) is 11.4 Å². The molecule has 1 heterocycles. The van der Waals surface area contributed by atoms with Gasteiger partial charge in [-0.3, -0.25) is 4.98 Å². The van der Waals surface area contributed by atoms with Crippen molar-refractivity contribution in [2.45, 2.75) is 33.1 Å². The van der Waals surface area contributed by atoms with Gasteiger partial charge in [0.25, 0.3) is 0 Å². The van der Waals surface area contributed by atoms with Crippen LogP contribution < -0.4 is 15.5 Å². The molecule has 0 amide bonds. The summed E-state index contributed by atoms with van der Waals surface area (Å²) in [5.41, 5.74) is 23.8. The van der Waals surface area contributed by atoms with E-state index in [0.29, 0.717) is 5.70 Å². The number of fused-ring (bicyclic) bond motifs is 5. The molecule has 1 aromatic heterocycles. The number of pyridine rings is 1. The van der Waals surface area contributed by atoms with Crippen LogP contribution in [0.2, 0.25) is 0 Å². The van der Waals surface area contributed by atoms with Gasteiger partial charge >= 0.3 is 0 Å². The first-order valence-corrected chi connectivity index (χ1v) is 22.8. The molecule has 10 aromatic rings. The highest BCUT2D eigenvalue weighted by molar-refractivity contribution is 6.21. The molecule has 66 heavy (non-hydrogen) atoms. The number of nitrogens with two attached hydrogens (primary N) is 1. The van der Waals surface area contributed by atoms with Crippen LogP contribution in [0.3, 0.4) is 0 Å². The minimum absolute atomic E-state index is 0.0355. The third-order valence-corrected chi connectivity index (χ3v) is 13.1. The van der Waals surface area contributed by atoms with Gasteiger partial charge in [-0.15, -0.1) is 0 Å². The Labute approximate surface area is 387 Å². The number of nitrogens with zero attached hydrogens (tertiary/aromatic N) is 3. The molecule has 0 unspecified atom stereocenters. The number of allylic oxidation sites excluding steroid dienone is 3. The predicted octanol–water partition coefficient (Wildman–Crippen LogP) is 17.0. The molecule has 0 bridgehead atoms. The molecule has 0 atom stereocenters. The van der Waals surface area contributed by atoms with Crippen molar-refractivity contribution in [2.24, 2.45) is 5.73 Å². The number of rotatable bonds is 9. The van der Waals surface area contributed by atoms with E-state index in [-0.39, 0.29) is 5.41 Å². The molecule has 1 aliphatic rings. The van der Waals surface area contributed by atoms with E-state index in [0.717, 1.165) is 72.5 Å². The second-order valence-corrected chi connectivity index (χ2v) is 18.1. The van der Waals surface area contributed by atoms with Crippen LogP contribution >= 0.6 is 0 Å². The van der Waals surface area contributed by atoms with E-state index >= 15 is 0 Å². The number of para-hydroxylation sites is 2. The molecule has 2 N–H and O–H groups in total. The molecular weight excluding hydrogens is 801 g/mol. The van der Waals surface area contributed by atoms with Crippen LogP contribution in [0.1, 0.15) is 38.8 Å². The molecule has 11 rings (SSSR count). The van der Waals surface area contributed by atoms with Crippen LogP contribution in [0, 0.1) is 0 Å². The molecule has 4 heteroatoms. The van der Waals surface area contributed by atoms with Gasteiger partial charge in [-0.25, -0.2) is 0 Å². The van der Waals surface area contributed by atoms with Gasteiger partial charge in [-0.1, -0.05) is 148 Å². The van der Waals surface area contributed by atoms with Gasteiger partial charge in [-0.2, -0.15) is 0 Å². The van der Waals surface area contributed by atoms with E-state index in [1.165, 1.54) is 38.6 Å². The summed E-state index contributed by atoms with van der Waals surface area (Å²) in [4.78, 5) is 9.79. The fraction of sp³-hybridized carbons (Fsp3) is 0.0806. The molecule has 4 nitrogen and oxygen atoms in total. The van der Waals surface area contributed by atoms with Crippen molar-refractivity contribution in [3.05, 3.63) is 230 Å². The lowest BCUT2D eigenvalue weighted by Gasteiger charge is -2.29. The van der Waals surface area contributed by atoms with Crippen molar-refractivity contribution in [1.82, 2.24) is 4.98 Å². The average molecular weight is 851 g/mol. The van der Waals surface area contributed by atoms with E-state index in [1.54, 1.807) is 0 Å². The normalized spacial score (nSPS) is 12.3. The Morgan fingerprint density at radius 1 is 0.485 bits per heavy atom. The van der Waals surface area contributed by atoms with Crippen LogP contribution in [0.15, 0.2) is 219 Å². The predicted molar refractivity (Wildman–Crippen MR) is 282 cm³/mol. The van der Waals surface area contributed by atoms with E-state index in [1.807, 2.05) is 37.4 Å². The third-order valence-electron chi connectivity index (χ3n) is 13.1. The standard InChI is InChI=1S/C62H50N4/c1-5-6-26-56(63)60-51-34-33-46(66(43-20-11-8-12-21-43)58-37-36-50-48-23-14-13-22-47(48)49-24-17-25-53(58)59(49)50)40-55(51)61(57-27-15-16-38-64-57)52-35-32-45(39-54(52)60)65(42-18-9-7-10-19-42)44-30-28-41(29-31-44)62(2,3)4/h5-40H,63H2,1-4H3/b6-5-,56-26-. The molecule has 9 aromatic carbocycles. The number of benzene rings is 9. The lowest BCUT2D eigenvalue weighted by molar-refractivity contribution is 0.590. The number of hydrogen-bond acceptors (Lipinski definition) is 4. The van der Waals surface area contributed by atoms with Crippen molar-refractivity contribution >= 4 is 72.1 Å². The summed E-state index contributed by atoms with van der Waals surface area (Å²) < 4.78 is 0. The molecule has 0 saturated carbocycles. The van der Waals surface area contributed by atoms with Gasteiger partial charge < -0.3 is 15.5 Å². The molecular formula is C62H50N4. The number of anilines is 6. The molecule has 0 aliphatic heterocycles. The first-order chi connectivity index (χ1) is 32.3. The van der Waals surface area contributed by atoms with Gasteiger partial charge in [-0.05, 0) is 152 Å². The SMILES string of the molecule is C/C=C\C=C(/N)c1c2cc(N(c3ccccc3)c3ccc(C(C)(C)C)cc3)ccc2c(-c2ccccn2)c2cc(N(c3ccccc3)c3ccc4c5c(cccc35)-c3ccccc3-4)ccc12. The van der Waals surface area contributed by atoms with Crippen LogP contribution in [0.4, 0.5) is 34.1 Å². The fourth-order valence-corrected chi connectivity index (χ4v) is 9.99. The summed E-state index contributed by atoms with van der Waals surface area (Å²) >= 11 is 0. The zero-order valence-electron chi connectivity index (χ0n) is 37.7. The van der Waals surface area contributed by atoms with E-state index in [2.05, 4.69) is 219 Å². The van der Waals surface area contributed by atoms with Crippen molar-refractivity contribution in [2.75, 3.05) is 9.80 Å². The van der Waals surface area contributed by atoms with Gasteiger partial charge in [0.2, 0.25) is 0 Å². The largest absolute Gasteiger partial charge is 0.398 e. The van der Waals surface area contributed by atoms with Gasteiger partial charge in [0, 0.05) is 56.8 Å². The Morgan fingerprint density at radius 3 is 1.73 bits per heavy atom. The van der Waals surface area contributed by atoms with Crippen LogP contribution in [0.5, 0.6) is 0 Å². The summed E-state index contributed by atoms with van der Waals surface area (Å²) in [5, 5.41) is 6.72. The lowest BCUT2D eigenvalue weighted by Crippen LogP contribution is -2.13. The Hall–Kier alpha value is -8.21. The topological polar surface area (TPSA) is 45.4 Å². The second-order valence-electron chi connectivity index (χ2n) is 18.1. The summed E-state index contributed by atoms with van der Waals surface area (Å²) in [5.74, 6) is 0. The molecule has 0 fully saturated rings. The lowest BCUT2D eigenvalue weighted by atomic mass is 9.87. The maximum atomic E-state index is 7.29. The first kappa shape index (κ1) is 40.6. The van der Waals surface area contributed by atoms with Crippen molar-refractivity contribution < 1.29 is 0 Å². The quantitative estimate of drug-likeness (QED) is 0.116. The fourth-order valence-electron chi connectivity index (χ4n) is 9.99. The van der Waals surface area contributed by atoms with Crippen LogP contribution in [-0.4, -0.2) is 4.98 Å². The molecule has 318 valence electrons. The minimum atomic E-state index is 0.0355. The van der Waals surface area contributed by atoms with E-state index in [4.69, 9.17) is 10.7 Å². The summed E-state index contributed by atoms with van der Waals surface area (Å²) in [6, 6.07) is 70.2. The first-order valence-electron chi connectivity index (χ1n) is 22.8. The average Bonchev–Trinajstić information content (AvgIpc) is 3.68. The van der Waals surface area contributed by atoms with E-state index in [9.17, 15) is 0 Å². The molecule has 0 spiro atoms. The monoisotopic (exact) mass is 850 g/mol. The zero-order valence-corrected chi connectivity index (χ0v) is 37.7. The maximum Gasteiger partial charge on any atom is 0.0714 e. The summed E-state index contributed by atoms with van der Waals surface area (Å²) in [6.45, 7) is 8.79. The highest BCUT2D eigenvalue weighted by Crippen LogP contribution is 2.52. The highest BCUT2D eigenvalue weighted by atomic mass is 15.1. The molecule has 0 saturated heterocycles. The second kappa shape index (κ2) is 16.4. The highest BCUT2D eigenvalue weighted by Gasteiger charge is 2.26. The number of hydrogen-bond donors (Lipinski definition) is 1. The maximum absolute atomic E-state index is 7.29. The number of aromatic nitrogens is 1. The van der Waals surface area contributed by atoms with Crippen molar-refractivity contribution in [3.63, 3.8) is 0 Å². The van der Waals surface area contributed by atoms with Crippen molar-refractivity contribution in [1.29, 1.82) is 0 Å². The Kier molecular flexibility index (Phi) is 10.1. The Bertz CT molecular complexity index is 3480. The third kappa shape index (κ3) is 6.90. The van der Waals surface area contributed by atoms with Crippen LogP contribution in [0.25, 0.3) is 71.5 Å². The molecule has 1 aliphatic carbocycles. The summed E-state index contributed by atoms with van der Waals surface area (Å²) in [6.07, 6.45) is 7.96. The van der Waals surface area contributed by atoms with E-state index < -0.39 is 0 Å². The zero-order chi connectivity index (χ0) is 44.9.